The molecule has 2 aromatic rings. The number of nitrogens with one attached hydrogen (secondary N) is 1. The summed E-state index contributed by atoms with van der Waals surface area (Å²) in [7, 11) is 1.31. The molecular formula is C20H22F2N4O2. The van der Waals surface area contributed by atoms with Gasteiger partial charge in [0.15, 0.2) is 11.6 Å². The van der Waals surface area contributed by atoms with Crippen LogP contribution in [0.4, 0.5) is 14.6 Å². The van der Waals surface area contributed by atoms with Gasteiger partial charge < -0.3 is 15.0 Å². The average molecular weight is 388 g/mol. The Bertz CT molecular complexity index is 843. The van der Waals surface area contributed by atoms with Crippen LogP contribution in [-0.2, 0) is 16.0 Å². The number of aromatic nitrogens is 2. The third-order valence-corrected chi connectivity index (χ3v) is 4.59. The molecule has 6 nitrogen and oxygen atoms in total. The summed E-state index contributed by atoms with van der Waals surface area (Å²) in [5.41, 5.74) is 1.35. The van der Waals surface area contributed by atoms with Crippen LogP contribution >= 0.6 is 0 Å². The number of methoxy groups -OCH3 is 1. The second-order valence-corrected chi connectivity index (χ2v) is 6.61. The lowest BCUT2D eigenvalue weighted by Gasteiger charge is -2.17. The van der Waals surface area contributed by atoms with E-state index in [9.17, 15) is 13.6 Å². The predicted octanol–water partition coefficient (Wildman–Crippen LogP) is 2.67. The lowest BCUT2D eigenvalue weighted by atomic mass is 10.1. The number of hydrogen-bond acceptors (Lipinski definition) is 6. The highest BCUT2D eigenvalue weighted by Gasteiger charge is 2.22. The third kappa shape index (κ3) is 5.56. The average Bonchev–Trinajstić information content (AvgIpc) is 3.15. The summed E-state index contributed by atoms with van der Waals surface area (Å²) >= 11 is 0. The normalized spacial score (nSPS) is 17.2. The summed E-state index contributed by atoms with van der Waals surface area (Å²) < 4.78 is 30.8. The molecule has 0 bridgehead atoms. The first-order chi connectivity index (χ1) is 13.5. The molecule has 8 heteroatoms. The molecule has 1 aliphatic heterocycles. The van der Waals surface area contributed by atoms with E-state index in [1.807, 2.05) is 0 Å². The fraction of sp³-hybridized carbons (Fsp3) is 0.350. The number of carbonyl (C=O) groups is 1. The van der Waals surface area contributed by atoms with Gasteiger partial charge in [-0.1, -0.05) is 6.07 Å². The van der Waals surface area contributed by atoms with Crippen molar-refractivity contribution in [1.82, 2.24) is 14.9 Å². The zero-order valence-corrected chi connectivity index (χ0v) is 15.6. The Morgan fingerprint density at radius 1 is 1.32 bits per heavy atom. The van der Waals surface area contributed by atoms with Crippen molar-refractivity contribution in [3.8, 4) is 0 Å². The molecule has 1 N–H and O–H groups in total. The Kier molecular flexibility index (Phi) is 6.65. The van der Waals surface area contributed by atoms with Gasteiger partial charge in [-0.25, -0.2) is 18.6 Å². The van der Waals surface area contributed by atoms with Crippen molar-refractivity contribution in [2.45, 2.75) is 18.9 Å². The van der Waals surface area contributed by atoms with E-state index in [2.05, 4.69) is 24.9 Å². The third-order valence-electron chi connectivity index (χ3n) is 4.59. The Labute approximate surface area is 162 Å². The van der Waals surface area contributed by atoms with E-state index >= 15 is 0 Å². The van der Waals surface area contributed by atoms with E-state index < -0.39 is 17.6 Å². The van der Waals surface area contributed by atoms with Gasteiger partial charge in [0, 0.05) is 31.8 Å². The van der Waals surface area contributed by atoms with Crippen LogP contribution in [0.3, 0.4) is 0 Å². The molecule has 1 saturated heterocycles. The van der Waals surface area contributed by atoms with Gasteiger partial charge in [0.05, 0.1) is 25.2 Å². The van der Waals surface area contributed by atoms with Crippen molar-refractivity contribution in [3.05, 3.63) is 59.6 Å². The molecule has 0 unspecified atom stereocenters. The topological polar surface area (TPSA) is 67.3 Å². The van der Waals surface area contributed by atoms with E-state index in [-0.39, 0.29) is 6.04 Å². The number of halogens is 2. The number of ether oxygens (including phenoxy) is 1. The quantitative estimate of drug-likeness (QED) is 0.581. The molecule has 1 aromatic heterocycles. The molecule has 1 aromatic carbocycles. The summed E-state index contributed by atoms with van der Waals surface area (Å²) in [6.07, 6.45) is 7.67. The smallest absolute Gasteiger partial charge is 0.330 e. The first-order valence-electron chi connectivity index (χ1n) is 9.04. The van der Waals surface area contributed by atoms with Gasteiger partial charge in [-0.2, -0.15) is 0 Å². The summed E-state index contributed by atoms with van der Waals surface area (Å²) in [5.74, 6) is -1.40. The van der Waals surface area contributed by atoms with Gasteiger partial charge >= 0.3 is 5.97 Å². The van der Waals surface area contributed by atoms with Crippen molar-refractivity contribution in [2.24, 2.45) is 0 Å². The molecule has 148 valence electrons. The Balaban J connectivity index is 1.45. The number of hydrogen-bond donors (Lipinski definition) is 1. The molecule has 0 spiro atoms. The zero-order valence-electron chi connectivity index (χ0n) is 15.6. The van der Waals surface area contributed by atoms with Crippen LogP contribution in [0.15, 0.2) is 36.7 Å². The molecule has 0 amide bonds. The van der Waals surface area contributed by atoms with Gasteiger partial charge in [0.1, 0.15) is 5.82 Å². The maximum atomic E-state index is 13.3. The maximum Gasteiger partial charge on any atom is 0.330 e. The van der Waals surface area contributed by atoms with Gasteiger partial charge in [-0.15, -0.1) is 0 Å². The van der Waals surface area contributed by atoms with Crippen LogP contribution in [-0.4, -0.2) is 53.6 Å². The van der Waals surface area contributed by atoms with Crippen molar-refractivity contribution < 1.29 is 18.3 Å². The minimum Gasteiger partial charge on any atom is -0.466 e. The summed E-state index contributed by atoms with van der Waals surface area (Å²) in [6.45, 7) is 2.55. The molecule has 1 aliphatic rings. The van der Waals surface area contributed by atoms with E-state index in [1.54, 1.807) is 18.5 Å². The van der Waals surface area contributed by atoms with Crippen LogP contribution < -0.4 is 5.32 Å². The number of rotatable bonds is 7. The standard InChI is InChI=1S/C20H22F2N4O2/c1-28-20(27)5-3-15-11-24-19(12-23-15)25-16-7-9-26(13-16)8-6-14-2-4-17(21)18(22)10-14/h2-5,10-12,16H,6-9,13H2,1H3,(H,24,25)/b5-3+/t16-/m1/s1. The minimum absolute atomic E-state index is 0.246. The van der Waals surface area contributed by atoms with Crippen molar-refractivity contribution in [1.29, 1.82) is 0 Å². The predicted molar refractivity (Wildman–Crippen MR) is 102 cm³/mol. The highest BCUT2D eigenvalue weighted by atomic mass is 19.2. The summed E-state index contributed by atoms with van der Waals surface area (Å²) in [4.78, 5) is 21.9. The number of carbonyl (C=O) groups excluding carboxylic acids is 1. The lowest BCUT2D eigenvalue weighted by molar-refractivity contribution is -0.134. The number of nitrogens with zero attached hydrogens (tertiary/aromatic N) is 3. The minimum atomic E-state index is -0.817. The summed E-state index contributed by atoms with van der Waals surface area (Å²) in [5, 5.41) is 3.35. The molecule has 0 saturated carbocycles. The molecule has 0 aliphatic carbocycles. The lowest BCUT2D eigenvalue weighted by Crippen LogP contribution is -2.28. The van der Waals surface area contributed by atoms with Gasteiger partial charge in [0.2, 0.25) is 0 Å². The first-order valence-corrected chi connectivity index (χ1v) is 9.04. The Morgan fingerprint density at radius 2 is 2.18 bits per heavy atom. The van der Waals surface area contributed by atoms with Crippen molar-refractivity contribution in [3.63, 3.8) is 0 Å². The van der Waals surface area contributed by atoms with Crippen LogP contribution in [0.2, 0.25) is 0 Å². The monoisotopic (exact) mass is 388 g/mol. The largest absolute Gasteiger partial charge is 0.466 e. The molecule has 3 rings (SSSR count). The Morgan fingerprint density at radius 3 is 2.89 bits per heavy atom. The number of benzene rings is 1. The molecule has 1 atom stereocenters. The van der Waals surface area contributed by atoms with Crippen LogP contribution in [0.25, 0.3) is 6.08 Å². The van der Waals surface area contributed by atoms with Crippen LogP contribution in [0, 0.1) is 11.6 Å². The van der Waals surface area contributed by atoms with Gasteiger partial charge in [0.25, 0.3) is 0 Å². The van der Waals surface area contributed by atoms with E-state index in [0.29, 0.717) is 17.9 Å². The molecule has 28 heavy (non-hydrogen) atoms. The Hall–Kier alpha value is -2.87. The van der Waals surface area contributed by atoms with Crippen LogP contribution in [0.1, 0.15) is 17.7 Å². The highest BCUT2D eigenvalue weighted by Crippen LogP contribution is 2.16. The number of anilines is 1. The van der Waals surface area contributed by atoms with E-state index in [0.717, 1.165) is 31.6 Å². The molecular weight excluding hydrogens is 366 g/mol. The van der Waals surface area contributed by atoms with Crippen molar-refractivity contribution in [2.75, 3.05) is 32.1 Å². The summed E-state index contributed by atoms with van der Waals surface area (Å²) in [6, 6.07) is 4.29. The molecule has 0 radical (unpaired) electrons. The fourth-order valence-electron chi connectivity index (χ4n) is 3.07. The number of esters is 1. The van der Waals surface area contributed by atoms with E-state index in [1.165, 1.54) is 31.4 Å². The fourth-order valence-corrected chi connectivity index (χ4v) is 3.07. The van der Waals surface area contributed by atoms with Gasteiger partial charge in [-0.05, 0) is 36.6 Å². The maximum absolute atomic E-state index is 13.3. The molecule has 2 heterocycles. The molecule has 1 fully saturated rings. The van der Waals surface area contributed by atoms with E-state index in [4.69, 9.17) is 0 Å². The van der Waals surface area contributed by atoms with Gasteiger partial charge in [-0.3, -0.25) is 4.98 Å². The number of likely N-dealkylation sites (tertiary alicyclic amines) is 1. The van der Waals surface area contributed by atoms with Crippen molar-refractivity contribution >= 4 is 17.9 Å². The zero-order chi connectivity index (χ0) is 19.9. The first kappa shape index (κ1) is 19.9. The highest BCUT2D eigenvalue weighted by molar-refractivity contribution is 5.86. The SMILES string of the molecule is COC(=O)/C=C/c1cnc(N[C@@H]2CCN(CCc3ccc(F)c(F)c3)C2)cn1. The second kappa shape index (κ2) is 9.36. The van der Waals surface area contributed by atoms with Crippen LogP contribution in [0.5, 0.6) is 0 Å². The second-order valence-electron chi connectivity index (χ2n) is 6.61.